The molecule has 0 aromatic carbocycles. The second kappa shape index (κ2) is 8.56. The highest BCUT2D eigenvalue weighted by molar-refractivity contribution is 6.08. The van der Waals surface area contributed by atoms with Crippen LogP contribution in [0.15, 0.2) is 0 Å². The van der Waals surface area contributed by atoms with Gasteiger partial charge in [-0.3, -0.25) is 4.79 Å². The van der Waals surface area contributed by atoms with E-state index in [9.17, 15) is 20.1 Å². The lowest BCUT2D eigenvalue weighted by molar-refractivity contribution is -0.148. The summed E-state index contributed by atoms with van der Waals surface area (Å²) in [7, 11) is 1.75. The SMILES string of the molecule is O=C(NCCC[SiH2])[C@H](O)[C@@H](O)[C@H](O)[C@H](O)CO. The maximum absolute atomic E-state index is 11.3. The van der Waals surface area contributed by atoms with Crippen LogP contribution >= 0.6 is 0 Å². The topological polar surface area (TPSA) is 130 Å². The quantitative estimate of drug-likeness (QED) is 0.196. The van der Waals surface area contributed by atoms with E-state index in [0.29, 0.717) is 6.54 Å². The molecule has 0 fully saturated rings. The van der Waals surface area contributed by atoms with Crippen LogP contribution in [0.1, 0.15) is 6.42 Å². The summed E-state index contributed by atoms with van der Waals surface area (Å²) in [5, 5.41) is 48.0. The number of carbonyl (C=O) groups is 1. The molecule has 0 aliphatic rings. The Hall–Kier alpha value is -0.513. The first kappa shape index (κ1) is 16.5. The minimum atomic E-state index is -1.85. The zero-order valence-corrected chi connectivity index (χ0v) is 10.9. The second-order valence-electron chi connectivity index (χ2n) is 3.67. The molecule has 0 spiro atoms. The van der Waals surface area contributed by atoms with Crippen molar-refractivity contribution in [3.05, 3.63) is 0 Å². The summed E-state index contributed by atoms with van der Waals surface area (Å²) in [5.74, 6) is -0.821. The highest BCUT2D eigenvalue weighted by atomic mass is 28.1. The minimum absolute atomic E-state index is 0.366. The van der Waals surface area contributed by atoms with E-state index >= 15 is 0 Å². The largest absolute Gasteiger partial charge is 0.394 e. The monoisotopic (exact) mass is 266 g/mol. The molecule has 7 nitrogen and oxygen atoms in total. The van der Waals surface area contributed by atoms with Crippen molar-refractivity contribution in [3.63, 3.8) is 0 Å². The Labute approximate surface area is 103 Å². The van der Waals surface area contributed by atoms with Gasteiger partial charge in [0.2, 0.25) is 0 Å². The Kier molecular flexibility index (Phi) is 8.30. The Balaban J connectivity index is 4.18. The summed E-state index contributed by atoms with van der Waals surface area (Å²) in [6, 6.07) is 0.894. The van der Waals surface area contributed by atoms with Crippen molar-refractivity contribution in [3.8, 4) is 0 Å². The predicted octanol–water partition coefficient (Wildman–Crippen LogP) is -4.02. The van der Waals surface area contributed by atoms with Crippen molar-refractivity contribution >= 4 is 16.1 Å². The van der Waals surface area contributed by atoms with Crippen molar-refractivity contribution in [2.75, 3.05) is 13.2 Å². The van der Waals surface area contributed by atoms with E-state index in [2.05, 4.69) is 5.32 Å². The average Bonchev–Trinajstić information content (AvgIpc) is 2.35. The van der Waals surface area contributed by atoms with Crippen LogP contribution in [-0.2, 0) is 4.79 Å². The number of aliphatic hydroxyl groups excluding tert-OH is 5. The third-order valence-corrected chi connectivity index (χ3v) is 2.75. The number of hydrogen-bond acceptors (Lipinski definition) is 6. The first-order chi connectivity index (χ1) is 7.95. The number of aliphatic hydroxyl groups is 5. The maximum Gasteiger partial charge on any atom is 0.251 e. The molecule has 17 heavy (non-hydrogen) atoms. The van der Waals surface area contributed by atoms with Gasteiger partial charge in [0.25, 0.3) is 5.91 Å². The lowest BCUT2D eigenvalue weighted by atomic mass is 10.0. The van der Waals surface area contributed by atoms with Crippen LogP contribution in [0.5, 0.6) is 0 Å². The molecule has 0 bridgehead atoms. The molecule has 0 rings (SSSR count). The molecule has 0 saturated carbocycles. The lowest BCUT2D eigenvalue weighted by Crippen LogP contribution is -2.51. The van der Waals surface area contributed by atoms with Gasteiger partial charge in [0, 0.05) is 16.8 Å². The van der Waals surface area contributed by atoms with Crippen LogP contribution in [-0.4, -0.2) is 79.2 Å². The van der Waals surface area contributed by atoms with Gasteiger partial charge in [0.1, 0.15) is 18.3 Å². The summed E-state index contributed by atoms with van der Waals surface area (Å²) in [5.41, 5.74) is 0. The van der Waals surface area contributed by atoms with E-state index in [1.807, 2.05) is 0 Å². The first-order valence-corrected chi connectivity index (χ1v) is 6.35. The molecule has 0 aliphatic carbocycles. The van der Waals surface area contributed by atoms with Gasteiger partial charge in [-0.25, -0.2) is 0 Å². The maximum atomic E-state index is 11.3. The number of nitrogens with one attached hydrogen (secondary N) is 1. The third kappa shape index (κ3) is 5.57. The van der Waals surface area contributed by atoms with Gasteiger partial charge in [-0.05, 0) is 6.42 Å². The average molecular weight is 266 g/mol. The molecule has 0 aliphatic heterocycles. The Morgan fingerprint density at radius 2 is 1.76 bits per heavy atom. The van der Waals surface area contributed by atoms with Gasteiger partial charge in [-0.2, -0.15) is 0 Å². The molecule has 0 aromatic heterocycles. The van der Waals surface area contributed by atoms with E-state index in [0.717, 1.165) is 12.5 Å². The molecule has 0 aromatic rings. The molecule has 4 atom stereocenters. The normalized spacial score (nSPS) is 18.2. The summed E-state index contributed by atoms with van der Waals surface area (Å²) in [6.07, 6.45) is -6.33. The zero-order chi connectivity index (χ0) is 13.4. The highest BCUT2D eigenvalue weighted by Gasteiger charge is 2.33. The minimum Gasteiger partial charge on any atom is -0.394 e. The fourth-order valence-corrected chi connectivity index (χ4v) is 1.37. The van der Waals surface area contributed by atoms with Crippen molar-refractivity contribution in [1.82, 2.24) is 5.32 Å². The van der Waals surface area contributed by atoms with Crippen molar-refractivity contribution < 1.29 is 30.3 Å². The van der Waals surface area contributed by atoms with Crippen LogP contribution in [0.2, 0.25) is 6.04 Å². The van der Waals surface area contributed by atoms with Crippen molar-refractivity contribution in [1.29, 1.82) is 0 Å². The Morgan fingerprint density at radius 3 is 2.24 bits per heavy atom. The molecular weight excluding hydrogens is 246 g/mol. The van der Waals surface area contributed by atoms with E-state index < -0.39 is 36.9 Å². The van der Waals surface area contributed by atoms with Crippen LogP contribution in [0.4, 0.5) is 0 Å². The Bertz CT molecular complexity index is 230. The van der Waals surface area contributed by atoms with E-state index in [4.69, 9.17) is 10.2 Å². The fourth-order valence-electron chi connectivity index (χ4n) is 1.12. The van der Waals surface area contributed by atoms with Crippen LogP contribution < -0.4 is 5.32 Å². The van der Waals surface area contributed by atoms with E-state index in [-0.39, 0.29) is 0 Å². The van der Waals surface area contributed by atoms with Gasteiger partial charge >= 0.3 is 0 Å². The number of rotatable bonds is 8. The van der Waals surface area contributed by atoms with Gasteiger partial charge < -0.3 is 30.8 Å². The fraction of sp³-hybridized carbons (Fsp3) is 0.889. The predicted molar refractivity (Wildman–Crippen MR) is 62.1 cm³/mol. The van der Waals surface area contributed by atoms with Gasteiger partial charge in [-0.15, -0.1) is 0 Å². The smallest absolute Gasteiger partial charge is 0.251 e. The van der Waals surface area contributed by atoms with Gasteiger partial charge in [-0.1, -0.05) is 6.04 Å². The number of carbonyl (C=O) groups excluding carboxylic acids is 1. The summed E-state index contributed by atoms with van der Waals surface area (Å²) in [6.45, 7) is -0.409. The van der Waals surface area contributed by atoms with E-state index in [1.54, 1.807) is 10.2 Å². The molecular formula is C9H20NO6Si. The van der Waals surface area contributed by atoms with Crippen molar-refractivity contribution in [2.45, 2.75) is 36.9 Å². The molecule has 1 amide bonds. The summed E-state index contributed by atoms with van der Waals surface area (Å²) < 4.78 is 0. The standard InChI is InChI=1S/C9H20NO6Si/c11-4-5(12)6(13)7(14)8(15)9(16)10-2-1-3-17/h5-8,11-15H,1-4,17H2,(H,10,16)/t5-,6-,7+,8-/m1/s1. The summed E-state index contributed by atoms with van der Waals surface area (Å²) >= 11 is 0. The van der Waals surface area contributed by atoms with Crippen molar-refractivity contribution in [2.24, 2.45) is 0 Å². The molecule has 101 valence electrons. The molecule has 0 saturated heterocycles. The summed E-state index contributed by atoms with van der Waals surface area (Å²) in [4.78, 5) is 11.3. The molecule has 8 heteroatoms. The van der Waals surface area contributed by atoms with E-state index in [1.165, 1.54) is 0 Å². The van der Waals surface area contributed by atoms with Crippen LogP contribution in [0, 0.1) is 0 Å². The molecule has 1 radical (unpaired) electrons. The number of amides is 1. The lowest BCUT2D eigenvalue weighted by Gasteiger charge is -2.24. The molecule has 0 heterocycles. The third-order valence-electron chi connectivity index (χ3n) is 2.25. The Morgan fingerprint density at radius 1 is 1.18 bits per heavy atom. The second-order valence-corrected chi connectivity index (χ2v) is 4.38. The van der Waals surface area contributed by atoms with Gasteiger partial charge in [0.15, 0.2) is 6.10 Å². The van der Waals surface area contributed by atoms with Crippen LogP contribution in [0.3, 0.4) is 0 Å². The molecule has 0 unspecified atom stereocenters. The highest BCUT2D eigenvalue weighted by Crippen LogP contribution is 2.05. The number of hydrogen-bond donors (Lipinski definition) is 6. The molecule has 6 N–H and O–H groups in total. The first-order valence-electron chi connectivity index (χ1n) is 5.35. The van der Waals surface area contributed by atoms with Crippen LogP contribution in [0.25, 0.3) is 0 Å². The zero-order valence-electron chi connectivity index (χ0n) is 9.49. The van der Waals surface area contributed by atoms with Gasteiger partial charge in [0.05, 0.1) is 6.61 Å².